The Labute approximate surface area is 198 Å². The Balaban J connectivity index is 1.44. The van der Waals surface area contributed by atoms with E-state index in [9.17, 15) is 9.59 Å². The molecular formula is C24H21N7O2S. The van der Waals surface area contributed by atoms with Crippen LogP contribution in [0.1, 0.15) is 28.2 Å². The summed E-state index contributed by atoms with van der Waals surface area (Å²) in [4.78, 5) is 35.6. The van der Waals surface area contributed by atoms with Crippen LogP contribution in [-0.2, 0) is 18.4 Å². The summed E-state index contributed by atoms with van der Waals surface area (Å²) in [5.41, 5.74) is 8.95. The number of benzene rings is 2. The first-order valence-corrected chi connectivity index (χ1v) is 11.8. The van der Waals surface area contributed by atoms with E-state index in [2.05, 4.69) is 15.1 Å². The van der Waals surface area contributed by atoms with Crippen LogP contribution < -0.4 is 5.73 Å². The molecule has 34 heavy (non-hydrogen) atoms. The number of nitrogens with zero attached hydrogens (tertiary/aromatic N) is 6. The molecule has 0 spiro atoms. The molecule has 2 aromatic carbocycles. The fourth-order valence-electron chi connectivity index (χ4n) is 4.51. The number of carbonyl (C=O) groups is 2. The van der Waals surface area contributed by atoms with Crippen LogP contribution >= 0.6 is 11.3 Å². The van der Waals surface area contributed by atoms with Gasteiger partial charge in [0.1, 0.15) is 10.8 Å². The zero-order valence-corrected chi connectivity index (χ0v) is 19.2. The Kier molecular flexibility index (Phi) is 4.70. The van der Waals surface area contributed by atoms with Crippen LogP contribution in [0.4, 0.5) is 5.82 Å². The van der Waals surface area contributed by atoms with Gasteiger partial charge in [0.15, 0.2) is 0 Å². The van der Waals surface area contributed by atoms with Crippen molar-refractivity contribution in [3.05, 3.63) is 59.2 Å². The van der Waals surface area contributed by atoms with Crippen LogP contribution in [0, 0.1) is 0 Å². The fraction of sp³-hybridized carbons (Fsp3) is 0.208. The summed E-state index contributed by atoms with van der Waals surface area (Å²) in [6, 6.07) is 13.2. The van der Waals surface area contributed by atoms with Crippen molar-refractivity contribution in [2.45, 2.75) is 19.4 Å². The van der Waals surface area contributed by atoms with Gasteiger partial charge in [-0.2, -0.15) is 5.10 Å². The van der Waals surface area contributed by atoms with Crippen LogP contribution in [0.15, 0.2) is 48.7 Å². The summed E-state index contributed by atoms with van der Waals surface area (Å²) in [6.07, 6.45) is 2.83. The van der Waals surface area contributed by atoms with E-state index >= 15 is 0 Å². The summed E-state index contributed by atoms with van der Waals surface area (Å²) in [5, 5.41) is 9.68. The molecule has 0 aliphatic carbocycles. The van der Waals surface area contributed by atoms with E-state index in [4.69, 9.17) is 5.73 Å². The molecule has 4 heterocycles. The van der Waals surface area contributed by atoms with E-state index in [0.29, 0.717) is 29.9 Å². The first kappa shape index (κ1) is 20.5. The summed E-state index contributed by atoms with van der Waals surface area (Å²) in [6.45, 7) is 0.732. The van der Waals surface area contributed by atoms with Crippen LogP contribution in [-0.4, -0.2) is 48.1 Å². The standard InChI is InChI=1S/C24H21N7O2S/c1-29-22-15-11-14(8-9-17(15)28-23(25)16(22)12-26-29)24(33)31(30-10-4-7-21(30)32)13-20-27-18-5-2-3-6-19(18)34-20/h2-3,5-6,8-9,11-12H,4,7,10,13H2,1H3,(H2,25,28). The monoisotopic (exact) mass is 471 g/mol. The quantitative estimate of drug-likeness (QED) is 0.430. The number of aryl methyl sites for hydroxylation is 1. The van der Waals surface area contributed by atoms with Crippen molar-refractivity contribution in [3.8, 4) is 0 Å². The minimum Gasteiger partial charge on any atom is -0.383 e. The molecule has 9 nitrogen and oxygen atoms in total. The second-order valence-corrected chi connectivity index (χ2v) is 9.43. The van der Waals surface area contributed by atoms with Crippen molar-refractivity contribution in [2.75, 3.05) is 12.3 Å². The van der Waals surface area contributed by atoms with Crippen molar-refractivity contribution in [1.29, 1.82) is 0 Å². The van der Waals surface area contributed by atoms with Crippen LogP contribution in [0.5, 0.6) is 0 Å². The molecule has 3 aromatic heterocycles. The number of thiazole rings is 1. The van der Waals surface area contributed by atoms with E-state index in [1.54, 1.807) is 34.1 Å². The Morgan fingerprint density at radius 2 is 2.00 bits per heavy atom. The summed E-state index contributed by atoms with van der Waals surface area (Å²) < 4.78 is 2.78. The number of nitrogen functional groups attached to an aromatic ring is 1. The zero-order valence-electron chi connectivity index (χ0n) is 18.4. The van der Waals surface area contributed by atoms with Crippen LogP contribution in [0.25, 0.3) is 32.0 Å². The predicted molar refractivity (Wildman–Crippen MR) is 131 cm³/mol. The molecule has 5 aromatic rings. The molecule has 170 valence electrons. The van der Waals surface area contributed by atoms with E-state index in [1.807, 2.05) is 31.3 Å². The van der Waals surface area contributed by atoms with Crippen molar-refractivity contribution in [2.24, 2.45) is 7.05 Å². The first-order chi connectivity index (χ1) is 16.5. The van der Waals surface area contributed by atoms with Gasteiger partial charge in [-0.1, -0.05) is 12.1 Å². The number of fused-ring (bicyclic) bond motifs is 4. The average Bonchev–Trinajstić information content (AvgIpc) is 3.55. The summed E-state index contributed by atoms with van der Waals surface area (Å²) in [7, 11) is 1.83. The largest absolute Gasteiger partial charge is 0.383 e. The number of amides is 2. The zero-order chi connectivity index (χ0) is 23.4. The van der Waals surface area contributed by atoms with Gasteiger partial charge in [-0.05, 0) is 36.8 Å². The van der Waals surface area contributed by atoms with E-state index in [1.165, 1.54) is 16.3 Å². The van der Waals surface area contributed by atoms with Gasteiger partial charge in [-0.15, -0.1) is 11.3 Å². The molecule has 10 heteroatoms. The van der Waals surface area contributed by atoms with Crippen molar-refractivity contribution >= 4 is 61.0 Å². The molecule has 0 radical (unpaired) electrons. The highest BCUT2D eigenvalue weighted by Crippen LogP contribution is 2.30. The maximum Gasteiger partial charge on any atom is 0.272 e. The molecule has 1 aliphatic rings. The number of anilines is 1. The molecule has 0 unspecified atom stereocenters. The third-order valence-electron chi connectivity index (χ3n) is 6.15. The van der Waals surface area contributed by atoms with Gasteiger partial charge in [0, 0.05) is 31.0 Å². The molecular weight excluding hydrogens is 450 g/mol. The summed E-state index contributed by atoms with van der Waals surface area (Å²) >= 11 is 1.53. The number of nitrogens with two attached hydrogens (primary N) is 1. The number of rotatable bonds is 4. The van der Waals surface area contributed by atoms with Crippen molar-refractivity contribution < 1.29 is 9.59 Å². The highest BCUT2D eigenvalue weighted by atomic mass is 32.1. The topological polar surface area (TPSA) is 110 Å². The Morgan fingerprint density at radius 1 is 1.15 bits per heavy atom. The number of hydrogen-bond acceptors (Lipinski definition) is 7. The number of hydrogen-bond donors (Lipinski definition) is 1. The highest BCUT2D eigenvalue weighted by Gasteiger charge is 2.31. The third kappa shape index (κ3) is 3.26. The second-order valence-electron chi connectivity index (χ2n) is 8.32. The third-order valence-corrected chi connectivity index (χ3v) is 7.17. The number of para-hydroxylation sites is 1. The van der Waals surface area contributed by atoms with Gasteiger partial charge >= 0.3 is 0 Å². The molecule has 1 fully saturated rings. The number of pyridine rings is 1. The lowest BCUT2D eigenvalue weighted by molar-refractivity contribution is -0.140. The lowest BCUT2D eigenvalue weighted by Gasteiger charge is -2.31. The lowest BCUT2D eigenvalue weighted by atomic mass is 10.1. The molecule has 2 amide bonds. The normalized spacial score (nSPS) is 14.0. The molecule has 0 atom stereocenters. The summed E-state index contributed by atoms with van der Waals surface area (Å²) in [5.74, 6) is 0.0806. The Bertz CT molecular complexity index is 1570. The smallest absolute Gasteiger partial charge is 0.272 e. The Morgan fingerprint density at radius 3 is 2.79 bits per heavy atom. The van der Waals surface area contributed by atoms with Gasteiger partial charge in [0.25, 0.3) is 5.91 Å². The van der Waals surface area contributed by atoms with Crippen LogP contribution in [0.2, 0.25) is 0 Å². The SMILES string of the molecule is Cn1ncc2c(N)nc3ccc(C(=O)N(Cc4nc5ccccc5s4)N4CCCC4=O)cc3c21. The molecule has 0 saturated carbocycles. The van der Waals surface area contributed by atoms with Crippen LogP contribution in [0.3, 0.4) is 0 Å². The van der Waals surface area contributed by atoms with Gasteiger partial charge in [0.2, 0.25) is 5.91 Å². The van der Waals surface area contributed by atoms with Crippen molar-refractivity contribution in [3.63, 3.8) is 0 Å². The number of aromatic nitrogens is 4. The van der Waals surface area contributed by atoms with Gasteiger partial charge < -0.3 is 5.73 Å². The first-order valence-electron chi connectivity index (χ1n) is 11.0. The maximum absolute atomic E-state index is 13.8. The highest BCUT2D eigenvalue weighted by molar-refractivity contribution is 7.18. The molecule has 1 saturated heterocycles. The second kappa shape index (κ2) is 7.77. The molecule has 1 aliphatic heterocycles. The Hall–Kier alpha value is -4.05. The lowest BCUT2D eigenvalue weighted by Crippen LogP contribution is -2.46. The fourth-order valence-corrected chi connectivity index (χ4v) is 5.46. The number of carbonyl (C=O) groups excluding carboxylic acids is 2. The van der Waals surface area contributed by atoms with Gasteiger partial charge in [0.05, 0.1) is 39.4 Å². The van der Waals surface area contributed by atoms with Crippen molar-refractivity contribution in [1.82, 2.24) is 29.8 Å². The predicted octanol–water partition coefficient (Wildman–Crippen LogP) is 3.49. The van der Waals surface area contributed by atoms with Gasteiger partial charge in [-0.3, -0.25) is 19.3 Å². The van der Waals surface area contributed by atoms with E-state index in [0.717, 1.165) is 37.9 Å². The van der Waals surface area contributed by atoms with E-state index in [-0.39, 0.29) is 18.4 Å². The molecule has 0 bridgehead atoms. The van der Waals surface area contributed by atoms with Gasteiger partial charge in [-0.25, -0.2) is 15.0 Å². The van der Waals surface area contributed by atoms with E-state index < -0.39 is 0 Å². The maximum atomic E-state index is 13.8. The minimum atomic E-state index is -0.261. The molecule has 6 rings (SSSR count). The minimum absolute atomic E-state index is 0.0567. The average molecular weight is 472 g/mol. The number of hydrazine groups is 1. The molecule has 2 N–H and O–H groups in total.